The lowest BCUT2D eigenvalue weighted by atomic mass is 9.86. The first-order valence-corrected chi connectivity index (χ1v) is 13.6. The second kappa shape index (κ2) is 9.86. The Morgan fingerprint density at radius 1 is 0.897 bits per heavy atom. The van der Waals surface area contributed by atoms with Gasteiger partial charge in [-0.25, -0.2) is 0 Å². The number of nitrogens with zero attached hydrogens (tertiary/aromatic N) is 3. The van der Waals surface area contributed by atoms with Crippen LogP contribution in [0.1, 0.15) is 49.7 Å². The highest BCUT2D eigenvalue weighted by atomic mass is 32.1. The Bertz CT molecular complexity index is 1530. The van der Waals surface area contributed by atoms with Gasteiger partial charge in [0.15, 0.2) is 5.11 Å². The Morgan fingerprint density at radius 3 is 2.33 bits per heavy atom. The first-order valence-electron chi connectivity index (χ1n) is 13.2. The molecule has 1 fully saturated rings. The van der Waals surface area contributed by atoms with Gasteiger partial charge in [-0.1, -0.05) is 36.4 Å². The molecule has 2 aliphatic heterocycles. The summed E-state index contributed by atoms with van der Waals surface area (Å²) in [7, 11) is 2.16. The minimum Gasteiger partial charge on any atom is -0.457 e. The third kappa shape index (κ3) is 4.66. The van der Waals surface area contributed by atoms with Gasteiger partial charge >= 0.3 is 0 Å². The Kier molecular flexibility index (Phi) is 6.35. The molecule has 5 nitrogen and oxygen atoms in total. The van der Waals surface area contributed by atoms with Crippen LogP contribution < -0.4 is 19.9 Å². The average Bonchev–Trinajstić information content (AvgIpc) is 3.30. The SMILES string of the molecule is CC1=CC(C)(C)N(C)c2ccc(C3C(c4ccccn4)NC(=S)N3c3ccc(Oc4ccccc4)cc3)cc21. The van der Waals surface area contributed by atoms with E-state index >= 15 is 0 Å². The molecule has 3 heterocycles. The number of rotatable bonds is 5. The summed E-state index contributed by atoms with van der Waals surface area (Å²) < 4.78 is 6.04. The molecule has 0 radical (unpaired) electrons. The second-order valence-electron chi connectivity index (χ2n) is 10.7. The summed E-state index contributed by atoms with van der Waals surface area (Å²) in [5.41, 5.74) is 6.87. The molecule has 0 aliphatic carbocycles. The zero-order valence-corrected chi connectivity index (χ0v) is 23.4. The maximum absolute atomic E-state index is 6.04. The average molecular weight is 533 g/mol. The summed E-state index contributed by atoms with van der Waals surface area (Å²) in [5, 5.41) is 4.25. The molecule has 4 aromatic rings. The molecular formula is C33H32N4OS. The van der Waals surface area contributed by atoms with Crippen molar-refractivity contribution in [2.45, 2.75) is 38.4 Å². The van der Waals surface area contributed by atoms with Gasteiger partial charge in [0.25, 0.3) is 0 Å². The molecule has 196 valence electrons. The normalized spacial score (nSPS) is 19.8. The highest BCUT2D eigenvalue weighted by molar-refractivity contribution is 7.80. The van der Waals surface area contributed by atoms with Crippen molar-refractivity contribution in [3.8, 4) is 11.5 Å². The predicted octanol–water partition coefficient (Wildman–Crippen LogP) is 7.68. The van der Waals surface area contributed by atoms with Crippen molar-refractivity contribution in [2.75, 3.05) is 16.8 Å². The van der Waals surface area contributed by atoms with Crippen LogP contribution in [0.2, 0.25) is 0 Å². The zero-order chi connectivity index (χ0) is 27.1. The van der Waals surface area contributed by atoms with Gasteiger partial charge in [-0.2, -0.15) is 0 Å². The van der Waals surface area contributed by atoms with Crippen LogP contribution >= 0.6 is 12.2 Å². The molecule has 1 N–H and O–H groups in total. The van der Waals surface area contributed by atoms with Crippen LogP contribution in [-0.2, 0) is 0 Å². The zero-order valence-electron chi connectivity index (χ0n) is 22.6. The lowest BCUT2D eigenvalue weighted by Crippen LogP contribution is -2.42. The number of pyridine rings is 1. The highest BCUT2D eigenvalue weighted by Crippen LogP contribution is 2.45. The molecule has 6 heteroatoms. The van der Waals surface area contributed by atoms with E-state index in [-0.39, 0.29) is 17.6 Å². The van der Waals surface area contributed by atoms with Crippen molar-refractivity contribution >= 4 is 34.3 Å². The molecule has 2 atom stereocenters. The first kappa shape index (κ1) is 25.1. The number of anilines is 2. The molecule has 39 heavy (non-hydrogen) atoms. The van der Waals surface area contributed by atoms with Crippen molar-refractivity contribution < 1.29 is 4.74 Å². The fraction of sp³-hybridized carbons (Fsp3) is 0.212. The van der Waals surface area contributed by atoms with Crippen molar-refractivity contribution in [3.05, 3.63) is 120 Å². The molecule has 2 unspecified atom stereocenters. The van der Waals surface area contributed by atoms with Gasteiger partial charge in [0.2, 0.25) is 0 Å². The van der Waals surface area contributed by atoms with Crippen LogP contribution in [0.15, 0.2) is 103 Å². The van der Waals surface area contributed by atoms with E-state index in [1.807, 2.05) is 60.8 Å². The minimum absolute atomic E-state index is 0.0405. The van der Waals surface area contributed by atoms with Gasteiger partial charge in [-0.3, -0.25) is 4.98 Å². The molecular weight excluding hydrogens is 500 g/mol. The number of aromatic nitrogens is 1. The van der Waals surface area contributed by atoms with Crippen LogP contribution in [0.25, 0.3) is 5.57 Å². The number of allylic oxidation sites excluding steroid dienone is 1. The maximum Gasteiger partial charge on any atom is 0.174 e. The van der Waals surface area contributed by atoms with Gasteiger partial charge < -0.3 is 19.9 Å². The molecule has 6 rings (SSSR count). The molecule has 0 spiro atoms. The van der Waals surface area contributed by atoms with E-state index < -0.39 is 0 Å². The summed E-state index contributed by atoms with van der Waals surface area (Å²) >= 11 is 5.94. The number of hydrogen-bond donors (Lipinski definition) is 1. The fourth-order valence-corrected chi connectivity index (χ4v) is 5.98. The van der Waals surface area contributed by atoms with Crippen LogP contribution in [0, 0.1) is 0 Å². The van der Waals surface area contributed by atoms with Crippen molar-refractivity contribution in [2.24, 2.45) is 0 Å². The number of benzene rings is 3. The maximum atomic E-state index is 6.04. The van der Waals surface area contributed by atoms with Crippen LogP contribution in [0.4, 0.5) is 11.4 Å². The summed E-state index contributed by atoms with van der Waals surface area (Å²) in [6, 6.07) is 30.6. The Morgan fingerprint density at radius 2 is 1.62 bits per heavy atom. The Balaban J connectivity index is 1.40. The number of ether oxygens (including phenoxy) is 1. The lowest BCUT2D eigenvalue weighted by Gasteiger charge is -2.41. The molecule has 0 bridgehead atoms. The molecule has 0 saturated carbocycles. The van der Waals surface area contributed by atoms with Crippen molar-refractivity contribution in [3.63, 3.8) is 0 Å². The number of thiocarbonyl (C=S) groups is 1. The largest absolute Gasteiger partial charge is 0.457 e. The van der Waals surface area contributed by atoms with Gasteiger partial charge in [0.05, 0.1) is 23.3 Å². The molecule has 1 aromatic heterocycles. The molecule has 0 amide bonds. The van der Waals surface area contributed by atoms with Crippen LogP contribution in [0.3, 0.4) is 0 Å². The van der Waals surface area contributed by atoms with E-state index in [1.165, 1.54) is 22.4 Å². The predicted molar refractivity (Wildman–Crippen MR) is 163 cm³/mol. The van der Waals surface area contributed by atoms with Crippen LogP contribution in [0.5, 0.6) is 11.5 Å². The second-order valence-corrected chi connectivity index (χ2v) is 11.1. The first-order chi connectivity index (χ1) is 18.8. The van der Waals surface area contributed by atoms with E-state index in [0.29, 0.717) is 5.11 Å². The number of nitrogens with one attached hydrogen (secondary N) is 1. The third-order valence-corrected chi connectivity index (χ3v) is 8.09. The standard InChI is InChI=1S/C33H32N4OS/c1-22-21-33(2,3)36(4)29-18-13-23(20-27(22)29)31-30(28-12-8-9-19-34-28)35-32(39)37(31)24-14-16-26(17-15-24)38-25-10-6-5-7-11-25/h5-21,30-31H,1-4H3,(H,35,39). The topological polar surface area (TPSA) is 40.6 Å². The van der Waals surface area contributed by atoms with Gasteiger partial charge in [-0.15, -0.1) is 0 Å². The van der Waals surface area contributed by atoms with E-state index in [2.05, 4.69) is 85.4 Å². The monoisotopic (exact) mass is 532 g/mol. The Labute approximate surface area is 235 Å². The Hall–Kier alpha value is -4.16. The van der Waals surface area contributed by atoms with Crippen LogP contribution in [-0.4, -0.2) is 22.7 Å². The summed E-state index contributed by atoms with van der Waals surface area (Å²) in [5.74, 6) is 1.59. The van der Waals surface area contributed by atoms with E-state index in [4.69, 9.17) is 21.9 Å². The van der Waals surface area contributed by atoms with E-state index in [0.717, 1.165) is 22.9 Å². The van der Waals surface area contributed by atoms with E-state index in [9.17, 15) is 0 Å². The quantitative estimate of drug-likeness (QED) is 0.266. The fourth-order valence-electron chi connectivity index (χ4n) is 5.63. The van der Waals surface area contributed by atoms with E-state index in [1.54, 1.807) is 0 Å². The van der Waals surface area contributed by atoms with Gasteiger partial charge in [0, 0.05) is 30.2 Å². The minimum atomic E-state index is -0.0981. The van der Waals surface area contributed by atoms with Crippen molar-refractivity contribution in [1.29, 1.82) is 0 Å². The summed E-state index contributed by atoms with van der Waals surface area (Å²) in [4.78, 5) is 9.26. The van der Waals surface area contributed by atoms with Crippen molar-refractivity contribution in [1.82, 2.24) is 10.3 Å². The molecule has 3 aromatic carbocycles. The molecule has 2 aliphatic rings. The molecule has 1 saturated heterocycles. The summed E-state index contributed by atoms with van der Waals surface area (Å²) in [6.07, 6.45) is 4.18. The number of likely N-dealkylation sites (N-methyl/N-ethyl adjacent to an activating group) is 1. The smallest absolute Gasteiger partial charge is 0.174 e. The van der Waals surface area contributed by atoms with Gasteiger partial charge in [-0.05, 0) is 105 Å². The summed E-state index contributed by atoms with van der Waals surface area (Å²) in [6.45, 7) is 6.70. The number of fused-ring (bicyclic) bond motifs is 1. The number of hydrogen-bond acceptors (Lipinski definition) is 4. The lowest BCUT2D eigenvalue weighted by molar-refractivity contribution is 0.482. The third-order valence-electron chi connectivity index (χ3n) is 7.77. The highest BCUT2D eigenvalue weighted by Gasteiger charge is 2.41. The van der Waals surface area contributed by atoms with Gasteiger partial charge in [0.1, 0.15) is 11.5 Å². The number of para-hydroxylation sites is 1.